The largest absolute Gasteiger partial charge is 0.481 e. The van der Waals surface area contributed by atoms with E-state index in [1.54, 1.807) is 7.11 Å². The molecule has 0 aliphatic carbocycles. The van der Waals surface area contributed by atoms with Crippen molar-refractivity contribution < 1.29 is 9.47 Å². The first-order valence-electron chi connectivity index (χ1n) is 7.03. The van der Waals surface area contributed by atoms with Crippen LogP contribution in [0.1, 0.15) is 31.9 Å². The Morgan fingerprint density at radius 2 is 2.32 bits per heavy atom. The van der Waals surface area contributed by atoms with Crippen molar-refractivity contribution in [2.75, 3.05) is 26.8 Å². The summed E-state index contributed by atoms with van der Waals surface area (Å²) in [5.74, 6) is 1.87. The summed E-state index contributed by atoms with van der Waals surface area (Å²) < 4.78 is 10.9. The lowest BCUT2D eigenvalue weighted by Crippen LogP contribution is -2.28. The van der Waals surface area contributed by atoms with E-state index >= 15 is 0 Å². The number of hydrogen-bond donors (Lipinski definition) is 1. The van der Waals surface area contributed by atoms with Crippen molar-refractivity contribution in [2.45, 2.75) is 26.4 Å². The molecule has 1 N–H and O–H groups in total. The van der Waals surface area contributed by atoms with Crippen LogP contribution in [0.15, 0.2) is 18.3 Å². The fourth-order valence-electron chi connectivity index (χ4n) is 2.45. The van der Waals surface area contributed by atoms with E-state index in [2.05, 4.69) is 30.2 Å². The topological polar surface area (TPSA) is 43.4 Å². The first kappa shape index (κ1) is 14.3. The van der Waals surface area contributed by atoms with Crippen molar-refractivity contribution >= 4 is 0 Å². The average Bonchev–Trinajstić information content (AvgIpc) is 2.87. The molecule has 1 fully saturated rings. The SMILES string of the molecule is COc1ccc(C2OCCC2CNCC(C)C)cn1. The number of nitrogens with one attached hydrogen (secondary N) is 1. The number of rotatable bonds is 6. The fraction of sp³-hybridized carbons (Fsp3) is 0.667. The molecule has 0 aromatic carbocycles. The second-order valence-electron chi connectivity index (χ2n) is 5.53. The van der Waals surface area contributed by atoms with Gasteiger partial charge in [0.15, 0.2) is 0 Å². The Morgan fingerprint density at radius 1 is 1.47 bits per heavy atom. The number of hydrogen-bond acceptors (Lipinski definition) is 4. The van der Waals surface area contributed by atoms with Crippen LogP contribution < -0.4 is 10.1 Å². The molecule has 0 radical (unpaired) electrons. The van der Waals surface area contributed by atoms with E-state index < -0.39 is 0 Å². The first-order valence-corrected chi connectivity index (χ1v) is 7.03. The molecule has 2 rings (SSSR count). The van der Waals surface area contributed by atoms with Gasteiger partial charge in [0.1, 0.15) is 0 Å². The number of pyridine rings is 1. The minimum absolute atomic E-state index is 0.165. The highest BCUT2D eigenvalue weighted by Gasteiger charge is 2.29. The molecule has 1 aliphatic heterocycles. The third-order valence-corrected chi connectivity index (χ3v) is 3.47. The number of aromatic nitrogens is 1. The maximum atomic E-state index is 5.86. The Kier molecular flexibility index (Phi) is 5.16. The molecule has 1 aliphatic rings. The molecule has 0 bridgehead atoms. The summed E-state index contributed by atoms with van der Waals surface area (Å²) in [6, 6.07) is 3.95. The van der Waals surface area contributed by atoms with Crippen molar-refractivity contribution in [3.63, 3.8) is 0 Å². The van der Waals surface area contributed by atoms with Gasteiger partial charge in [-0.15, -0.1) is 0 Å². The van der Waals surface area contributed by atoms with Crippen LogP contribution in [0, 0.1) is 11.8 Å². The summed E-state index contributed by atoms with van der Waals surface area (Å²) in [6.07, 6.45) is 3.14. The van der Waals surface area contributed by atoms with Crippen molar-refractivity contribution in [3.8, 4) is 5.88 Å². The smallest absolute Gasteiger partial charge is 0.212 e. The lowest BCUT2D eigenvalue weighted by molar-refractivity contribution is 0.0900. The minimum atomic E-state index is 0.165. The monoisotopic (exact) mass is 264 g/mol. The Morgan fingerprint density at radius 3 is 2.95 bits per heavy atom. The highest BCUT2D eigenvalue weighted by molar-refractivity contribution is 5.21. The normalized spacial score (nSPS) is 22.9. The summed E-state index contributed by atoms with van der Waals surface area (Å²) in [7, 11) is 1.63. The molecule has 2 heterocycles. The van der Waals surface area contributed by atoms with Gasteiger partial charge in [-0.3, -0.25) is 0 Å². The van der Waals surface area contributed by atoms with Gasteiger partial charge >= 0.3 is 0 Å². The van der Waals surface area contributed by atoms with Crippen molar-refractivity contribution in [1.29, 1.82) is 0 Å². The molecule has 2 atom stereocenters. The van der Waals surface area contributed by atoms with Crippen LogP contribution in [-0.4, -0.2) is 31.8 Å². The van der Waals surface area contributed by atoms with Crippen molar-refractivity contribution in [1.82, 2.24) is 10.3 Å². The molecule has 0 amide bonds. The summed E-state index contributed by atoms with van der Waals surface area (Å²) in [5.41, 5.74) is 1.15. The second kappa shape index (κ2) is 6.87. The van der Waals surface area contributed by atoms with Crippen molar-refractivity contribution in [2.24, 2.45) is 11.8 Å². The number of ether oxygens (including phenoxy) is 2. The predicted octanol–water partition coefficient (Wildman–Crippen LogP) is 2.41. The molecule has 106 valence electrons. The molecule has 0 spiro atoms. The lowest BCUT2D eigenvalue weighted by Gasteiger charge is -2.20. The Hall–Kier alpha value is -1.13. The first-order chi connectivity index (χ1) is 9.20. The van der Waals surface area contributed by atoms with Gasteiger partial charge in [0.05, 0.1) is 13.2 Å². The maximum Gasteiger partial charge on any atom is 0.212 e. The van der Waals surface area contributed by atoms with E-state index in [9.17, 15) is 0 Å². The van der Waals surface area contributed by atoms with E-state index in [1.807, 2.05) is 12.3 Å². The molecular formula is C15H24N2O2. The summed E-state index contributed by atoms with van der Waals surface area (Å²) >= 11 is 0. The maximum absolute atomic E-state index is 5.86. The van der Waals surface area contributed by atoms with Crippen LogP contribution in [0.25, 0.3) is 0 Å². The zero-order valence-electron chi connectivity index (χ0n) is 12.1. The van der Waals surface area contributed by atoms with Gasteiger partial charge in [0.25, 0.3) is 0 Å². The van der Waals surface area contributed by atoms with E-state index in [4.69, 9.17) is 9.47 Å². The van der Waals surface area contributed by atoms with Crippen LogP contribution >= 0.6 is 0 Å². The molecule has 2 unspecified atom stereocenters. The highest BCUT2D eigenvalue weighted by Crippen LogP contribution is 2.34. The molecule has 1 aromatic rings. The van der Waals surface area contributed by atoms with Crippen molar-refractivity contribution in [3.05, 3.63) is 23.9 Å². The highest BCUT2D eigenvalue weighted by atomic mass is 16.5. The zero-order chi connectivity index (χ0) is 13.7. The van der Waals surface area contributed by atoms with Gasteiger partial charge in [-0.2, -0.15) is 0 Å². The summed E-state index contributed by atoms with van der Waals surface area (Å²) in [4.78, 5) is 4.26. The molecule has 0 saturated carbocycles. The Bertz CT molecular complexity index is 378. The zero-order valence-corrected chi connectivity index (χ0v) is 12.1. The van der Waals surface area contributed by atoms with Gasteiger partial charge in [-0.25, -0.2) is 4.98 Å². The van der Waals surface area contributed by atoms with Crippen LogP contribution in [-0.2, 0) is 4.74 Å². The van der Waals surface area contributed by atoms with E-state index in [1.165, 1.54) is 0 Å². The van der Waals surface area contributed by atoms with Gasteiger partial charge in [0, 0.05) is 31.3 Å². The van der Waals surface area contributed by atoms with Crippen LogP contribution in [0.3, 0.4) is 0 Å². The Balaban J connectivity index is 1.93. The van der Waals surface area contributed by atoms with Gasteiger partial charge < -0.3 is 14.8 Å². The quantitative estimate of drug-likeness (QED) is 0.857. The van der Waals surface area contributed by atoms with E-state index in [0.29, 0.717) is 17.7 Å². The third-order valence-electron chi connectivity index (χ3n) is 3.47. The number of nitrogens with zero attached hydrogens (tertiary/aromatic N) is 1. The molecule has 1 aromatic heterocycles. The third kappa shape index (κ3) is 3.91. The van der Waals surface area contributed by atoms with E-state index in [0.717, 1.165) is 31.7 Å². The summed E-state index contributed by atoms with van der Waals surface area (Å²) in [6.45, 7) is 7.36. The predicted molar refractivity (Wildman–Crippen MR) is 75.3 cm³/mol. The van der Waals surface area contributed by atoms with Gasteiger partial charge in [0.2, 0.25) is 5.88 Å². The van der Waals surface area contributed by atoms with Gasteiger partial charge in [-0.05, 0) is 30.5 Å². The standard InChI is InChI=1S/C15H24N2O2/c1-11(2)8-16-9-13-6-7-19-15(13)12-4-5-14(18-3)17-10-12/h4-5,10-11,13,15-16H,6-9H2,1-3H3. The van der Waals surface area contributed by atoms with Crippen LogP contribution in [0.5, 0.6) is 5.88 Å². The average molecular weight is 264 g/mol. The lowest BCUT2D eigenvalue weighted by atomic mass is 9.96. The number of methoxy groups -OCH3 is 1. The minimum Gasteiger partial charge on any atom is -0.481 e. The molecule has 4 nitrogen and oxygen atoms in total. The molecule has 1 saturated heterocycles. The Labute approximate surface area is 115 Å². The van der Waals surface area contributed by atoms with Crippen LogP contribution in [0.2, 0.25) is 0 Å². The van der Waals surface area contributed by atoms with Crippen LogP contribution in [0.4, 0.5) is 0 Å². The second-order valence-corrected chi connectivity index (χ2v) is 5.53. The van der Waals surface area contributed by atoms with E-state index in [-0.39, 0.29) is 6.10 Å². The molecule has 4 heteroatoms. The fourth-order valence-corrected chi connectivity index (χ4v) is 2.45. The van der Waals surface area contributed by atoms with Gasteiger partial charge in [-0.1, -0.05) is 13.8 Å². The molecular weight excluding hydrogens is 240 g/mol. The summed E-state index contributed by atoms with van der Waals surface area (Å²) in [5, 5.41) is 3.52. The molecule has 19 heavy (non-hydrogen) atoms.